The number of rotatable bonds is 4. The van der Waals surface area contributed by atoms with Gasteiger partial charge in [-0.05, 0) is 63.8 Å². The van der Waals surface area contributed by atoms with E-state index in [1.807, 2.05) is 6.07 Å². The number of carbonyl (C=O) groups excluding carboxylic acids is 1. The van der Waals surface area contributed by atoms with Gasteiger partial charge < -0.3 is 0 Å². The molecule has 0 saturated carbocycles. The molecular formula is C35H28O. The van der Waals surface area contributed by atoms with Crippen LogP contribution in [0.25, 0.3) is 44.5 Å². The lowest BCUT2D eigenvalue weighted by molar-refractivity contribution is 0.0982. The van der Waals surface area contributed by atoms with E-state index in [0.717, 1.165) is 47.1 Å². The van der Waals surface area contributed by atoms with Gasteiger partial charge in [0, 0.05) is 17.5 Å². The highest BCUT2D eigenvalue weighted by Crippen LogP contribution is 2.50. The Labute approximate surface area is 213 Å². The molecule has 0 spiro atoms. The predicted octanol–water partition coefficient (Wildman–Crippen LogP) is 9.26. The van der Waals surface area contributed by atoms with E-state index >= 15 is 0 Å². The minimum Gasteiger partial charge on any atom is -0.294 e. The summed E-state index contributed by atoms with van der Waals surface area (Å²) in [5.74, 6) is 0.260. The molecule has 1 aliphatic carbocycles. The molecule has 1 nitrogen and oxygen atoms in total. The molecule has 5 aromatic rings. The second-order valence-electron chi connectivity index (χ2n) is 9.45. The smallest absolute Gasteiger partial charge is 0.163 e. The van der Waals surface area contributed by atoms with E-state index in [-0.39, 0.29) is 5.78 Å². The van der Waals surface area contributed by atoms with Gasteiger partial charge in [-0.25, -0.2) is 0 Å². The van der Waals surface area contributed by atoms with Crippen LogP contribution >= 0.6 is 0 Å². The summed E-state index contributed by atoms with van der Waals surface area (Å²) < 4.78 is 0. The number of fused-ring (bicyclic) bond motifs is 1. The first kappa shape index (κ1) is 22.2. The van der Waals surface area contributed by atoms with Gasteiger partial charge in [0.2, 0.25) is 0 Å². The van der Waals surface area contributed by atoms with Crippen molar-refractivity contribution in [2.24, 2.45) is 0 Å². The molecule has 5 aromatic carbocycles. The van der Waals surface area contributed by atoms with Crippen molar-refractivity contribution in [2.45, 2.75) is 25.7 Å². The van der Waals surface area contributed by atoms with Gasteiger partial charge in [-0.1, -0.05) is 121 Å². The second-order valence-corrected chi connectivity index (χ2v) is 9.45. The molecular weight excluding hydrogens is 436 g/mol. The third-order valence-corrected chi connectivity index (χ3v) is 7.21. The maximum atomic E-state index is 13.9. The molecule has 0 amide bonds. The van der Waals surface area contributed by atoms with Crippen molar-refractivity contribution >= 4 is 5.78 Å². The van der Waals surface area contributed by atoms with E-state index in [1.54, 1.807) is 0 Å². The summed E-state index contributed by atoms with van der Waals surface area (Å²) in [4.78, 5) is 13.9. The summed E-state index contributed by atoms with van der Waals surface area (Å²) in [6.45, 7) is 0. The van der Waals surface area contributed by atoms with Gasteiger partial charge in [-0.2, -0.15) is 0 Å². The fraction of sp³-hybridized carbons (Fsp3) is 0.114. The van der Waals surface area contributed by atoms with Gasteiger partial charge in [0.1, 0.15) is 0 Å². The Morgan fingerprint density at radius 2 is 0.694 bits per heavy atom. The number of Topliss-reactive ketones (excluding diaryl/α,β-unsaturated/α-hetero) is 1. The van der Waals surface area contributed by atoms with E-state index in [1.165, 1.54) is 27.8 Å². The minimum atomic E-state index is 0.260. The lowest BCUT2D eigenvalue weighted by Gasteiger charge is -2.27. The molecule has 0 bridgehead atoms. The standard InChI is InChI=1S/C35H28O/c36-30-24-14-13-23-29-31(25-15-5-1-6-16-25)32(26-17-7-2-8-18-26)33(27-19-9-3-10-20-27)34(35(29)30)28-21-11-4-12-22-28/h1-12,15-22H,13-14,23-24H2. The summed E-state index contributed by atoms with van der Waals surface area (Å²) >= 11 is 0. The molecule has 6 rings (SSSR count). The number of hydrogen-bond donors (Lipinski definition) is 0. The Hall–Kier alpha value is -4.23. The molecule has 0 atom stereocenters. The summed E-state index contributed by atoms with van der Waals surface area (Å²) in [6, 6.07) is 42.4. The van der Waals surface area contributed by atoms with Crippen molar-refractivity contribution in [3.8, 4) is 44.5 Å². The zero-order valence-corrected chi connectivity index (χ0v) is 20.3. The van der Waals surface area contributed by atoms with Crippen LogP contribution in [0.3, 0.4) is 0 Å². The Bertz CT molecular complexity index is 1500. The lowest BCUT2D eigenvalue weighted by atomic mass is 9.76. The molecule has 36 heavy (non-hydrogen) atoms. The average molecular weight is 465 g/mol. The first-order valence-electron chi connectivity index (χ1n) is 12.8. The maximum Gasteiger partial charge on any atom is 0.163 e. The summed E-state index contributed by atoms with van der Waals surface area (Å²) in [5.41, 5.74) is 11.3. The van der Waals surface area contributed by atoms with Crippen molar-refractivity contribution in [1.82, 2.24) is 0 Å². The Morgan fingerprint density at radius 3 is 1.14 bits per heavy atom. The highest BCUT2D eigenvalue weighted by Gasteiger charge is 2.30. The van der Waals surface area contributed by atoms with Crippen molar-refractivity contribution < 1.29 is 4.79 Å². The van der Waals surface area contributed by atoms with Crippen LogP contribution in [-0.4, -0.2) is 5.78 Å². The van der Waals surface area contributed by atoms with E-state index in [9.17, 15) is 4.79 Å². The SMILES string of the molecule is O=C1CCCCc2c1c(-c1ccccc1)c(-c1ccccc1)c(-c1ccccc1)c2-c1ccccc1. The van der Waals surface area contributed by atoms with Gasteiger partial charge in [-0.3, -0.25) is 4.79 Å². The van der Waals surface area contributed by atoms with Crippen LogP contribution in [0.4, 0.5) is 0 Å². The van der Waals surface area contributed by atoms with Crippen LogP contribution < -0.4 is 0 Å². The van der Waals surface area contributed by atoms with Crippen LogP contribution in [0, 0.1) is 0 Å². The van der Waals surface area contributed by atoms with Crippen LogP contribution in [0.2, 0.25) is 0 Å². The molecule has 1 heteroatoms. The first-order valence-corrected chi connectivity index (χ1v) is 12.8. The lowest BCUT2D eigenvalue weighted by Crippen LogP contribution is -2.09. The molecule has 0 saturated heterocycles. The van der Waals surface area contributed by atoms with Gasteiger partial charge in [-0.15, -0.1) is 0 Å². The van der Waals surface area contributed by atoms with Crippen molar-refractivity contribution in [3.05, 3.63) is 132 Å². The monoisotopic (exact) mass is 464 g/mol. The van der Waals surface area contributed by atoms with Crippen LogP contribution in [0.15, 0.2) is 121 Å². The maximum absolute atomic E-state index is 13.9. The topological polar surface area (TPSA) is 17.1 Å². The molecule has 0 radical (unpaired) electrons. The zero-order valence-electron chi connectivity index (χ0n) is 20.3. The first-order chi connectivity index (χ1) is 17.8. The van der Waals surface area contributed by atoms with Gasteiger partial charge in [0.05, 0.1) is 0 Å². The Balaban J connectivity index is 1.88. The van der Waals surface area contributed by atoms with E-state index < -0.39 is 0 Å². The Morgan fingerprint density at radius 1 is 0.361 bits per heavy atom. The highest BCUT2D eigenvalue weighted by atomic mass is 16.1. The number of carbonyl (C=O) groups is 1. The van der Waals surface area contributed by atoms with E-state index in [0.29, 0.717) is 6.42 Å². The summed E-state index contributed by atoms with van der Waals surface area (Å²) in [5, 5.41) is 0. The second kappa shape index (κ2) is 9.79. The van der Waals surface area contributed by atoms with Crippen molar-refractivity contribution in [2.75, 3.05) is 0 Å². The fourth-order valence-corrected chi connectivity index (χ4v) is 5.68. The van der Waals surface area contributed by atoms with Gasteiger partial charge in [0.25, 0.3) is 0 Å². The van der Waals surface area contributed by atoms with Crippen molar-refractivity contribution in [1.29, 1.82) is 0 Å². The molecule has 0 aliphatic heterocycles. The predicted molar refractivity (Wildman–Crippen MR) is 150 cm³/mol. The van der Waals surface area contributed by atoms with Crippen LogP contribution in [0.1, 0.15) is 35.2 Å². The third kappa shape index (κ3) is 3.97. The normalized spacial score (nSPS) is 13.2. The van der Waals surface area contributed by atoms with Crippen molar-refractivity contribution in [3.63, 3.8) is 0 Å². The molecule has 0 unspecified atom stereocenters. The zero-order chi connectivity index (χ0) is 24.3. The summed E-state index contributed by atoms with van der Waals surface area (Å²) in [6.07, 6.45) is 3.45. The number of benzene rings is 5. The average Bonchev–Trinajstić information content (AvgIpc) is 3.15. The minimum absolute atomic E-state index is 0.260. The quantitative estimate of drug-likeness (QED) is 0.242. The number of hydrogen-bond acceptors (Lipinski definition) is 1. The molecule has 174 valence electrons. The van der Waals surface area contributed by atoms with Crippen LogP contribution in [0.5, 0.6) is 0 Å². The third-order valence-electron chi connectivity index (χ3n) is 7.21. The molecule has 1 aliphatic rings. The fourth-order valence-electron chi connectivity index (χ4n) is 5.68. The molecule has 0 N–H and O–H groups in total. The molecule has 0 aromatic heterocycles. The molecule has 0 fully saturated rings. The van der Waals surface area contributed by atoms with E-state index in [2.05, 4.69) is 115 Å². The number of ketones is 1. The van der Waals surface area contributed by atoms with Crippen LogP contribution in [-0.2, 0) is 6.42 Å². The largest absolute Gasteiger partial charge is 0.294 e. The summed E-state index contributed by atoms with van der Waals surface area (Å²) in [7, 11) is 0. The van der Waals surface area contributed by atoms with E-state index in [4.69, 9.17) is 0 Å². The molecule has 0 heterocycles. The van der Waals surface area contributed by atoms with Gasteiger partial charge in [0.15, 0.2) is 5.78 Å². The van der Waals surface area contributed by atoms with Gasteiger partial charge >= 0.3 is 0 Å². The highest BCUT2D eigenvalue weighted by molar-refractivity contribution is 6.14. The Kier molecular flexibility index (Phi) is 6.05.